The fraction of sp³-hybridized carbons (Fsp3) is 0.364. The van der Waals surface area contributed by atoms with Gasteiger partial charge in [0.15, 0.2) is 0 Å². The summed E-state index contributed by atoms with van der Waals surface area (Å²) in [6, 6.07) is 7.41. The molecular formula is C11H11Br2NO. The zero-order chi connectivity index (χ0) is 11.1. The van der Waals surface area contributed by atoms with Crippen LogP contribution in [0.3, 0.4) is 0 Å². The standard InChI is InChI=1S/C11H11Br2NO/c12-5-1-2-6-15-11-4-3-9(8-14)7-10(11)13/h3-4,7H,1-2,5-6H2. The van der Waals surface area contributed by atoms with E-state index in [1.165, 1.54) is 0 Å². The van der Waals surface area contributed by atoms with Crippen molar-refractivity contribution in [3.63, 3.8) is 0 Å². The predicted octanol–water partition coefficient (Wildman–Crippen LogP) is 3.87. The molecule has 2 nitrogen and oxygen atoms in total. The molecule has 1 rings (SSSR count). The Balaban J connectivity index is 2.52. The lowest BCUT2D eigenvalue weighted by Gasteiger charge is -2.07. The van der Waals surface area contributed by atoms with Crippen LogP contribution in [0.1, 0.15) is 18.4 Å². The Morgan fingerprint density at radius 2 is 2.13 bits per heavy atom. The van der Waals surface area contributed by atoms with E-state index in [4.69, 9.17) is 10.00 Å². The highest BCUT2D eigenvalue weighted by atomic mass is 79.9. The largest absolute Gasteiger partial charge is 0.492 e. The van der Waals surface area contributed by atoms with E-state index >= 15 is 0 Å². The number of halogens is 2. The monoisotopic (exact) mass is 331 g/mol. The van der Waals surface area contributed by atoms with Gasteiger partial charge in [0.25, 0.3) is 0 Å². The van der Waals surface area contributed by atoms with Crippen LogP contribution in [0.15, 0.2) is 22.7 Å². The molecule has 0 saturated carbocycles. The number of ether oxygens (including phenoxy) is 1. The summed E-state index contributed by atoms with van der Waals surface area (Å²) in [6.07, 6.45) is 2.13. The van der Waals surface area contributed by atoms with Gasteiger partial charge in [0.2, 0.25) is 0 Å². The van der Waals surface area contributed by atoms with Gasteiger partial charge in [0.1, 0.15) is 5.75 Å². The Morgan fingerprint density at radius 1 is 1.33 bits per heavy atom. The number of rotatable bonds is 5. The summed E-state index contributed by atoms with van der Waals surface area (Å²) >= 11 is 6.74. The van der Waals surface area contributed by atoms with Gasteiger partial charge in [-0.05, 0) is 47.0 Å². The van der Waals surface area contributed by atoms with Crippen LogP contribution in [0.4, 0.5) is 0 Å². The molecule has 1 aromatic rings. The number of hydrogen-bond acceptors (Lipinski definition) is 2. The highest BCUT2D eigenvalue weighted by Gasteiger charge is 2.01. The molecule has 80 valence electrons. The van der Waals surface area contributed by atoms with Gasteiger partial charge >= 0.3 is 0 Å². The number of unbranched alkanes of at least 4 members (excludes halogenated alkanes) is 1. The van der Waals surface area contributed by atoms with Gasteiger partial charge in [-0.1, -0.05) is 15.9 Å². The summed E-state index contributed by atoms with van der Waals surface area (Å²) in [7, 11) is 0. The van der Waals surface area contributed by atoms with Gasteiger partial charge in [0.05, 0.1) is 22.7 Å². The first-order chi connectivity index (χ1) is 7.27. The zero-order valence-corrected chi connectivity index (χ0v) is 11.3. The van der Waals surface area contributed by atoms with Crippen LogP contribution in [0.2, 0.25) is 0 Å². The molecule has 0 aliphatic carbocycles. The molecule has 0 bridgehead atoms. The summed E-state index contributed by atoms with van der Waals surface area (Å²) in [5.74, 6) is 0.795. The molecule has 0 N–H and O–H groups in total. The van der Waals surface area contributed by atoms with Crippen LogP contribution >= 0.6 is 31.9 Å². The molecule has 0 aromatic heterocycles. The number of benzene rings is 1. The third kappa shape index (κ3) is 4.23. The second kappa shape index (κ2) is 6.86. The second-order valence-corrected chi connectivity index (χ2v) is 4.65. The van der Waals surface area contributed by atoms with Crippen molar-refractivity contribution in [3.8, 4) is 11.8 Å². The lowest BCUT2D eigenvalue weighted by Crippen LogP contribution is -1.98. The summed E-state index contributed by atoms with van der Waals surface area (Å²) in [5, 5.41) is 9.69. The minimum absolute atomic E-state index is 0.634. The lowest BCUT2D eigenvalue weighted by atomic mass is 10.2. The normalized spacial score (nSPS) is 9.67. The molecule has 15 heavy (non-hydrogen) atoms. The lowest BCUT2D eigenvalue weighted by molar-refractivity contribution is 0.308. The zero-order valence-electron chi connectivity index (χ0n) is 8.17. The maximum Gasteiger partial charge on any atom is 0.133 e. The molecule has 0 saturated heterocycles. The molecule has 1 aromatic carbocycles. The SMILES string of the molecule is N#Cc1ccc(OCCCCBr)c(Br)c1. The van der Waals surface area contributed by atoms with Crippen LogP contribution in [-0.2, 0) is 0 Å². The highest BCUT2D eigenvalue weighted by molar-refractivity contribution is 9.10. The molecule has 0 heterocycles. The Hall–Kier alpha value is -0.530. The molecule has 0 radical (unpaired) electrons. The van der Waals surface area contributed by atoms with Gasteiger partial charge in [-0.15, -0.1) is 0 Å². The van der Waals surface area contributed by atoms with Crippen molar-refractivity contribution >= 4 is 31.9 Å². The average molecular weight is 333 g/mol. The average Bonchev–Trinajstić information content (AvgIpc) is 2.26. The minimum Gasteiger partial charge on any atom is -0.492 e. The summed E-state index contributed by atoms with van der Waals surface area (Å²) in [6.45, 7) is 0.704. The van der Waals surface area contributed by atoms with Crippen molar-refractivity contribution < 1.29 is 4.74 Å². The van der Waals surface area contributed by atoms with E-state index in [0.717, 1.165) is 28.4 Å². The summed E-state index contributed by atoms with van der Waals surface area (Å²) < 4.78 is 6.39. The third-order valence-electron chi connectivity index (χ3n) is 1.85. The quantitative estimate of drug-likeness (QED) is 0.605. The molecule has 0 aliphatic heterocycles. The Kier molecular flexibility index (Phi) is 5.74. The smallest absolute Gasteiger partial charge is 0.133 e. The van der Waals surface area contributed by atoms with E-state index in [0.29, 0.717) is 12.2 Å². The van der Waals surface area contributed by atoms with Crippen LogP contribution < -0.4 is 4.74 Å². The molecule has 0 amide bonds. The first-order valence-electron chi connectivity index (χ1n) is 4.66. The molecule has 0 aliphatic rings. The van der Waals surface area contributed by atoms with Gasteiger partial charge in [-0.25, -0.2) is 0 Å². The van der Waals surface area contributed by atoms with Crippen molar-refractivity contribution in [1.29, 1.82) is 5.26 Å². The van der Waals surface area contributed by atoms with E-state index in [1.54, 1.807) is 12.1 Å². The molecule has 0 atom stereocenters. The Labute approximate surface area is 106 Å². The van der Waals surface area contributed by atoms with Crippen LogP contribution in [0.5, 0.6) is 5.75 Å². The van der Waals surface area contributed by atoms with Crippen LogP contribution in [-0.4, -0.2) is 11.9 Å². The van der Waals surface area contributed by atoms with Gasteiger partial charge < -0.3 is 4.74 Å². The molecule has 4 heteroatoms. The predicted molar refractivity (Wildman–Crippen MR) is 67.4 cm³/mol. The fourth-order valence-corrected chi connectivity index (χ4v) is 1.96. The molecule has 0 fully saturated rings. The maximum atomic E-state index is 8.68. The van der Waals surface area contributed by atoms with Gasteiger partial charge in [-0.2, -0.15) is 5.26 Å². The molecular weight excluding hydrogens is 322 g/mol. The number of hydrogen-bond donors (Lipinski definition) is 0. The van der Waals surface area contributed by atoms with Crippen LogP contribution in [0, 0.1) is 11.3 Å². The van der Waals surface area contributed by atoms with E-state index in [1.807, 2.05) is 6.07 Å². The molecule has 0 spiro atoms. The summed E-state index contributed by atoms with van der Waals surface area (Å²) in [4.78, 5) is 0. The van der Waals surface area contributed by atoms with Crippen molar-refractivity contribution in [1.82, 2.24) is 0 Å². The number of nitriles is 1. The van der Waals surface area contributed by atoms with E-state index < -0.39 is 0 Å². The number of alkyl halides is 1. The van der Waals surface area contributed by atoms with Gasteiger partial charge in [-0.3, -0.25) is 0 Å². The molecule has 0 unspecified atom stereocenters. The van der Waals surface area contributed by atoms with E-state index in [9.17, 15) is 0 Å². The van der Waals surface area contributed by atoms with Crippen molar-refractivity contribution in [2.75, 3.05) is 11.9 Å². The number of nitrogens with zero attached hydrogens (tertiary/aromatic N) is 1. The van der Waals surface area contributed by atoms with Crippen LogP contribution in [0.25, 0.3) is 0 Å². The van der Waals surface area contributed by atoms with E-state index in [2.05, 4.69) is 37.9 Å². The second-order valence-electron chi connectivity index (χ2n) is 3.00. The topological polar surface area (TPSA) is 33.0 Å². The van der Waals surface area contributed by atoms with Gasteiger partial charge in [0, 0.05) is 5.33 Å². The maximum absolute atomic E-state index is 8.68. The van der Waals surface area contributed by atoms with Crippen molar-refractivity contribution in [2.45, 2.75) is 12.8 Å². The summed E-state index contributed by atoms with van der Waals surface area (Å²) in [5.41, 5.74) is 0.634. The first kappa shape index (κ1) is 12.5. The Morgan fingerprint density at radius 3 is 2.73 bits per heavy atom. The highest BCUT2D eigenvalue weighted by Crippen LogP contribution is 2.25. The minimum atomic E-state index is 0.634. The fourth-order valence-electron chi connectivity index (χ4n) is 1.07. The van der Waals surface area contributed by atoms with Crippen molar-refractivity contribution in [2.24, 2.45) is 0 Å². The van der Waals surface area contributed by atoms with E-state index in [-0.39, 0.29) is 0 Å². The third-order valence-corrected chi connectivity index (χ3v) is 3.03. The van der Waals surface area contributed by atoms with Crippen molar-refractivity contribution in [3.05, 3.63) is 28.2 Å². The Bertz CT molecular complexity index is 360. The first-order valence-corrected chi connectivity index (χ1v) is 6.58.